The van der Waals surface area contributed by atoms with Gasteiger partial charge in [0.05, 0.1) is 28.1 Å². The van der Waals surface area contributed by atoms with Gasteiger partial charge in [0.2, 0.25) is 0 Å². The molecule has 0 saturated carbocycles. The number of aryl methyl sites for hydroxylation is 1. The van der Waals surface area contributed by atoms with Gasteiger partial charge in [0, 0.05) is 11.6 Å². The van der Waals surface area contributed by atoms with Crippen LogP contribution in [-0.4, -0.2) is 48.0 Å². The maximum atomic E-state index is 13.3. The van der Waals surface area contributed by atoms with Crippen LogP contribution in [-0.2, 0) is 9.84 Å². The molecule has 1 unspecified atom stereocenters. The summed E-state index contributed by atoms with van der Waals surface area (Å²) in [6.07, 6.45) is 0.418. The van der Waals surface area contributed by atoms with Crippen LogP contribution in [0.1, 0.15) is 29.5 Å². The lowest BCUT2D eigenvalue weighted by molar-refractivity contribution is 0.0941. The van der Waals surface area contributed by atoms with E-state index in [1.807, 2.05) is 6.92 Å². The van der Waals surface area contributed by atoms with E-state index in [0.29, 0.717) is 46.8 Å². The van der Waals surface area contributed by atoms with Crippen LogP contribution in [0.5, 0.6) is 5.75 Å². The molecule has 1 aromatic heterocycles. The maximum Gasteiger partial charge on any atom is 0.266 e. The third-order valence-corrected chi connectivity index (χ3v) is 7.22. The van der Waals surface area contributed by atoms with E-state index < -0.39 is 9.84 Å². The van der Waals surface area contributed by atoms with Crippen LogP contribution in [0.4, 0.5) is 0 Å². The topological polar surface area (TPSA) is 107 Å². The minimum atomic E-state index is -3.08. The van der Waals surface area contributed by atoms with Gasteiger partial charge in [-0.1, -0.05) is 6.58 Å². The number of aromatic nitrogens is 2. The van der Waals surface area contributed by atoms with Crippen molar-refractivity contribution in [3.8, 4) is 11.4 Å². The van der Waals surface area contributed by atoms with Crippen molar-refractivity contribution in [2.75, 3.05) is 18.1 Å². The molecule has 0 radical (unpaired) electrons. The molecule has 1 atom stereocenters. The van der Waals surface area contributed by atoms with Crippen LogP contribution in [0.3, 0.4) is 0 Å². The molecule has 1 saturated heterocycles. The Morgan fingerprint density at radius 1 is 1.24 bits per heavy atom. The number of benzene rings is 2. The zero-order valence-electron chi connectivity index (χ0n) is 18.5. The number of amides is 1. The highest BCUT2D eigenvalue weighted by Crippen LogP contribution is 2.20. The molecule has 1 fully saturated rings. The van der Waals surface area contributed by atoms with Crippen molar-refractivity contribution in [1.82, 2.24) is 14.9 Å². The maximum absolute atomic E-state index is 13.3. The monoisotopic (exact) mass is 467 g/mol. The molecule has 4 rings (SSSR count). The summed E-state index contributed by atoms with van der Waals surface area (Å²) in [6.45, 7) is 7.77. The van der Waals surface area contributed by atoms with Crippen molar-refractivity contribution in [2.45, 2.75) is 26.3 Å². The number of nitrogens with zero attached hydrogens (tertiary/aromatic N) is 2. The number of ether oxygens (including phenoxy) is 1. The number of rotatable bonds is 6. The molecule has 9 heteroatoms. The van der Waals surface area contributed by atoms with Crippen LogP contribution in [0, 0.1) is 6.92 Å². The summed E-state index contributed by atoms with van der Waals surface area (Å²) in [7, 11) is -3.08. The fourth-order valence-electron chi connectivity index (χ4n) is 3.82. The van der Waals surface area contributed by atoms with Crippen LogP contribution in [0.25, 0.3) is 16.6 Å². The van der Waals surface area contributed by atoms with Gasteiger partial charge in [-0.2, -0.15) is 0 Å². The van der Waals surface area contributed by atoms with E-state index in [0.717, 1.165) is 5.57 Å². The van der Waals surface area contributed by atoms with Crippen molar-refractivity contribution >= 4 is 26.6 Å². The van der Waals surface area contributed by atoms with Gasteiger partial charge in [0.25, 0.3) is 11.5 Å². The number of nitrogens with one attached hydrogen (secondary N) is 1. The lowest BCUT2D eigenvalue weighted by Gasteiger charge is -2.13. The first-order chi connectivity index (χ1) is 15.6. The fraction of sp³-hybridized carbons (Fsp3) is 0.292. The van der Waals surface area contributed by atoms with Gasteiger partial charge in [0.1, 0.15) is 18.2 Å². The first-order valence-corrected chi connectivity index (χ1v) is 12.4. The van der Waals surface area contributed by atoms with Crippen molar-refractivity contribution in [1.29, 1.82) is 0 Å². The number of carbonyl (C=O) groups is 1. The predicted molar refractivity (Wildman–Crippen MR) is 127 cm³/mol. The third kappa shape index (κ3) is 4.98. The molecule has 1 aliphatic rings. The fourth-order valence-corrected chi connectivity index (χ4v) is 5.49. The predicted octanol–water partition coefficient (Wildman–Crippen LogP) is 2.57. The molecule has 3 aromatic rings. The zero-order chi connectivity index (χ0) is 23.8. The highest BCUT2D eigenvalue weighted by Gasteiger charge is 2.29. The van der Waals surface area contributed by atoms with Crippen molar-refractivity contribution in [3.05, 3.63) is 76.4 Å². The SMILES string of the molecule is C=C(C)COc1ccc2nc(C)n(-c3ccc(C(=O)NC4CCS(=O)(=O)C4)cc3)c(=O)c2c1. The molecule has 0 bridgehead atoms. The summed E-state index contributed by atoms with van der Waals surface area (Å²) in [5, 5.41) is 3.18. The van der Waals surface area contributed by atoms with Gasteiger partial charge in [-0.15, -0.1) is 0 Å². The van der Waals surface area contributed by atoms with Gasteiger partial charge in [0.15, 0.2) is 9.84 Å². The largest absolute Gasteiger partial charge is 0.489 e. The number of carbonyl (C=O) groups excluding carboxylic acids is 1. The van der Waals surface area contributed by atoms with E-state index in [4.69, 9.17) is 4.74 Å². The molecule has 1 N–H and O–H groups in total. The summed E-state index contributed by atoms with van der Waals surface area (Å²) in [6, 6.07) is 11.4. The van der Waals surface area contributed by atoms with E-state index in [2.05, 4.69) is 16.9 Å². The Morgan fingerprint density at radius 2 is 1.97 bits per heavy atom. The van der Waals surface area contributed by atoms with Crippen LogP contribution in [0.15, 0.2) is 59.4 Å². The van der Waals surface area contributed by atoms with Crippen molar-refractivity contribution in [3.63, 3.8) is 0 Å². The number of sulfone groups is 1. The van der Waals surface area contributed by atoms with Crippen LogP contribution in [0.2, 0.25) is 0 Å². The summed E-state index contributed by atoms with van der Waals surface area (Å²) in [5.41, 5.74) is 2.15. The number of fused-ring (bicyclic) bond motifs is 1. The molecular formula is C24H25N3O5S. The van der Waals surface area contributed by atoms with E-state index in [1.54, 1.807) is 49.4 Å². The zero-order valence-corrected chi connectivity index (χ0v) is 19.3. The van der Waals surface area contributed by atoms with Crippen LogP contribution < -0.4 is 15.6 Å². The van der Waals surface area contributed by atoms with Gasteiger partial charge < -0.3 is 10.1 Å². The second kappa shape index (κ2) is 8.82. The second-order valence-corrected chi connectivity index (χ2v) is 10.6. The van der Waals surface area contributed by atoms with Crippen LogP contribution >= 0.6 is 0 Å². The molecule has 0 aliphatic carbocycles. The highest BCUT2D eigenvalue weighted by atomic mass is 32.2. The summed E-state index contributed by atoms with van der Waals surface area (Å²) in [4.78, 5) is 30.3. The Balaban J connectivity index is 1.61. The molecule has 33 heavy (non-hydrogen) atoms. The Morgan fingerprint density at radius 3 is 2.61 bits per heavy atom. The van der Waals surface area contributed by atoms with Gasteiger partial charge in [-0.05, 0) is 68.3 Å². The minimum Gasteiger partial charge on any atom is -0.489 e. The molecule has 2 heterocycles. The Bertz CT molecular complexity index is 1410. The normalized spacial score (nSPS) is 17.1. The van der Waals surface area contributed by atoms with Crippen molar-refractivity contribution < 1.29 is 17.9 Å². The standard InChI is InChI=1S/C24H25N3O5S/c1-15(2)13-32-20-8-9-22-21(12-20)24(29)27(16(3)25-22)19-6-4-17(5-7-19)23(28)26-18-10-11-33(30,31)14-18/h4-9,12,18H,1,10-11,13-14H2,2-3H3,(H,26,28). The quantitative estimate of drug-likeness (QED) is 0.559. The molecule has 172 valence electrons. The Kier molecular flexibility index (Phi) is 6.07. The van der Waals surface area contributed by atoms with Gasteiger partial charge >= 0.3 is 0 Å². The lowest BCUT2D eigenvalue weighted by Crippen LogP contribution is -2.35. The molecular weight excluding hydrogens is 442 g/mol. The molecule has 1 aliphatic heterocycles. The Labute approximate surface area is 191 Å². The summed E-state index contributed by atoms with van der Waals surface area (Å²) >= 11 is 0. The van der Waals surface area contributed by atoms with Gasteiger partial charge in [-0.3, -0.25) is 14.2 Å². The summed E-state index contributed by atoms with van der Waals surface area (Å²) < 4.78 is 30.3. The minimum absolute atomic E-state index is 0.0355. The van der Waals surface area contributed by atoms with Crippen molar-refractivity contribution in [2.24, 2.45) is 0 Å². The third-order valence-electron chi connectivity index (χ3n) is 5.45. The summed E-state index contributed by atoms with van der Waals surface area (Å²) in [5.74, 6) is 0.779. The average molecular weight is 468 g/mol. The highest BCUT2D eigenvalue weighted by molar-refractivity contribution is 7.91. The molecule has 8 nitrogen and oxygen atoms in total. The lowest BCUT2D eigenvalue weighted by atomic mass is 10.1. The number of hydrogen-bond donors (Lipinski definition) is 1. The molecule has 1 amide bonds. The first-order valence-electron chi connectivity index (χ1n) is 10.6. The van der Waals surface area contributed by atoms with E-state index in [9.17, 15) is 18.0 Å². The molecule has 0 spiro atoms. The van der Waals surface area contributed by atoms with E-state index in [-0.39, 0.29) is 29.0 Å². The number of hydrogen-bond acceptors (Lipinski definition) is 6. The first kappa shape index (κ1) is 22.7. The van der Waals surface area contributed by atoms with Gasteiger partial charge in [-0.25, -0.2) is 13.4 Å². The smallest absolute Gasteiger partial charge is 0.266 e. The van der Waals surface area contributed by atoms with E-state index in [1.165, 1.54) is 4.57 Å². The average Bonchev–Trinajstić information content (AvgIpc) is 3.11. The van der Waals surface area contributed by atoms with E-state index >= 15 is 0 Å². The second-order valence-electron chi connectivity index (χ2n) is 8.34. The Hall–Kier alpha value is -3.46. The molecule has 2 aromatic carbocycles.